The van der Waals surface area contributed by atoms with Crippen LogP contribution in [0.25, 0.3) is 0 Å². The minimum absolute atomic E-state index is 0.0206. The summed E-state index contributed by atoms with van der Waals surface area (Å²) in [6.07, 6.45) is 8.00. The molecule has 1 aliphatic heterocycles. The first kappa shape index (κ1) is 20.5. The van der Waals surface area contributed by atoms with Crippen LogP contribution in [0.4, 0.5) is 0 Å². The Balaban J connectivity index is 1.54. The monoisotopic (exact) mass is 412 g/mol. The summed E-state index contributed by atoms with van der Waals surface area (Å²) >= 11 is 0. The van der Waals surface area contributed by atoms with Gasteiger partial charge in [0.1, 0.15) is 11.6 Å². The van der Waals surface area contributed by atoms with Gasteiger partial charge in [0.05, 0.1) is 18.4 Å². The number of fused-ring (bicyclic) bond motifs is 5. The van der Waals surface area contributed by atoms with Gasteiger partial charge < -0.3 is 4.74 Å². The summed E-state index contributed by atoms with van der Waals surface area (Å²) in [7, 11) is 0. The molecule has 4 nitrogen and oxygen atoms in total. The fourth-order valence-electron chi connectivity index (χ4n) is 9.02. The van der Waals surface area contributed by atoms with Crippen molar-refractivity contribution in [2.75, 3.05) is 6.61 Å². The van der Waals surface area contributed by atoms with Gasteiger partial charge in [-0.25, -0.2) is 0 Å². The number of esters is 1. The predicted molar refractivity (Wildman–Crippen MR) is 113 cm³/mol. The molecule has 4 fully saturated rings. The van der Waals surface area contributed by atoms with E-state index >= 15 is 0 Å². The molecule has 1 heterocycles. The fraction of sp³-hybridized carbons (Fsp3) is 0.808. The molecule has 0 aromatic carbocycles. The van der Waals surface area contributed by atoms with Crippen molar-refractivity contribution in [3.05, 3.63) is 11.6 Å². The summed E-state index contributed by atoms with van der Waals surface area (Å²) in [6, 6.07) is 0. The predicted octanol–water partition coefficient (Wildman–Crippen LogP) is 4.90. The number of cyclic esters (lactones) is 1. The second-order valence-corrected chi connectivity index (χ2v) is 12.1. The average Bonchev–Trinajstić information content (AvgIpc) is 3.25. The summed E-state index contributed by atoms with van der Waals surface area (Å²) in [5.74, 6) is 1.68. The van der Waals surface area contributed by atoms with Gasteiger partial charge >= 0.3 is 5.97 Å². The van der Waals surface area contributed by atoms with E-state index in [1.165, 1.54) is 5.57 Å². The Morgan fingerprint density at radius 1 is 0.933 bits per heavy atom. The average molecular weight is 413 g/mol. The minimum Gasteiger partial charge on any atom is -0.465 e. The highest BCUT2D eigenvalue weighted by Crippen LogP contribution is 2.72. The third-order valence-corrected chi connectivity index (χ3v) is 10.7. The van der Waals surface area contributed by atoms with E-state index in [-0.39, 0.29) is 28.6 Å². The first-order valence-corrected chi connectivity index (χ1v) is 11.9. The molecule has 1 unspecified atom stereocenters. The van der Waals surface area contributed by atoms with Crippen LogP contribution in [0, 0.1) is 45.3 Å². The van der Waals surface area contributed by atoms with E-state index in [1.54, 1.807) is 0 Å². The lowest BCUT2D eigenvalue weighted by Gasteiger charge is -2.65. The maximum Gasteiger partial charge on any atom is 0.306 e. The van der Waals surface area contributed by atoms with Gasteiger partial charge in [-0.05, 0) is 61.2 Å². The lowest BCUT2D eigenvalue weighted by Crippen LogP contribution is -2.63. The van der Waals surface area contributed by atoms with E-state index in [9.17, 15) is 14.4 Å². The normalized spacial score (nSPS) is 49.8. The third-order valence-electron chi connectivity index (χ3n) is 10.7. The van der Waals surface area contributed by atoms with Gasteiger partial charge in [-0.3, -0.25) is 14.4 Å². The Kier molecular flexibility index (Phi) is 4.14. The Labute approximate surface area is 180 Å². The molecule has 0 spiro atoms. The molecule has 0 aromatic rings. The molecule has 5 rings (SSSR count). The van der Waals surface area contributed by atoms with Gasteiger partial charge in [-0.2, -0.15) is 0 Å². The molecule has 0 amide bonds. The van der Waals surface area contributed by atoms with E-state index in [0.29, 0.717) is 49.3 Å². The van der Waals surface area contributed by atoms with Crippen LogP contribution in [0.3, 0.4) is 0 Å². The van der Waals surface area contributed by atoms with Crippen molar-refractivity contribution >= 4 is 17.5 Å². The van der Waals surface area contributed by atoms with Crippen LogP contribution in [0.1, 0.15) is 79.6 Å². The highest BCUT2D eigenvalue weighted by Gasteiger charge is 2.68. The van der Waals surface area contributed by atoms with Crippen molar-refractivity contribution in [1.29, 1.82) is 0 Å². The van der Waals surface area contributed by atoms with Crippen LogP contribution < -0.4 is 0 Å². The number of allylic oxidation sites excluding steroid dienone is 2. The number of Topliss-reactive ketones (excluding diaryl/α,β-unsaturated/α-hetero) is 2. The van der Waals surface area contributed by atoms with Crippen LogP contribution in [-0.4, -0.2) is 24.1 Å². The van der Waals surface area contributed by atoms with Gasteiger partial charge in [-0.15, -0.1) is 0 Å². The summed E-state index contributed by atoms with van der Waals surface area (Å²) < 4.78 is 5.31. The van der Waals surface area contributed by atoms with Crippen LogP contribution in [0.15, 0.2) is 11.6 Å². The van der Waals surface area contributed by atoms with Crippen LogP contribution in [-0.2, 0) is 19.1 Å². The van der Waals surface area contributed by atoms with Crippen LogP contribution in [0.2, 0.25) is 0 Å². The summed E-state index contributed by atoms with van der Waals surface area (Å²) in [6.45, 7) is 11.6. The Morgan fingerprint density at radius 2 is 1.67 bits per heavy atom. The van der Waals surface area contributed by atoms with E-state index in [2.05, 4.69) is 40.7 Å². The fourth-order valence-corrected chi connectivity index (χ4v) is 9.02. The molecule has 30 heavy (non-hydrogen) atoms. The zero-order valence-electron chi connectivity index (χ0n) is 19.2. The van der Waals surface area contributed by atoms with Crippen molar-refractivity contribution in [1.82, 2.24) is 0 Å². The Bertz CT molecular complexity index is 868. The molecule has 3 saturated carbocycles. The van der Waals surface area contributed by atoms with Gasteiger partial charge in [0.25, 0.3) is 0 Å². The van der Waals surface area contributed by atoms with E-state index < -0.39 is 10.8 Å². The minimum atomic E-state index is -0.438. The van der Waals surface area contributed by atoms with Gasteiger partial charge in [0.15, 0.2) is 0 Å². The molecular weight excluding hydrogens is 376 g/mol. The van der Waals surface area contributed by atoms with Gasteiger partial charge in [0, 0.05) is 24.2 Å². The zero-order chi connectivity index (χ0) is 21.7. The molecule has 0 aromatic heterocycles. The lowest BCUT2D eigenvalue weighted by molar-refractivity contribution is -0.172. The highest BCUT2D eigenvalue weighted by atomic mass is 16.5. The number of carbonyl (C=O) groups is 3. The molecule has 0 radical (unpaired) electrons. The van der Waals surface area contributed by atoms with Crippen molar-refractivity contribution in [3.8, 4) is 0 Å². The van der Waals surface area contributed by atoms with Crippen molar-refractivity contribution in [3.63, 3.8) is 0 Å². The maximum absolute atomic E-state index is 13.9. The van der Waals surface area contributed by atoms with Crippen molar-refractivity contribution in [2.45, 2.75) is 79.6 Å². The Hall–Kier alpha value is -1.45. The number of carbonyl (C=O) groups excluding carboxylic acids is 3. The van der Waals surface area contributed by atoms with Crippen molar-refractivity contribution < 1.29 is 19.1 Å². The SMILES string of the molecule is CC1(C)C(=O)CC[C@@]2(C)[C@H]1CC(=O)[C@@]1(C)C3=CC[C@@H](C4COC(=O)C4)[C@]3(C)CC[C@@H]12. The second kappa shape index (κ2) is 6.07. The van der Waals surface area contributed by atoms with Crippen molar-refractivity contribution in [2.24, 2.45) is 45.3 Å². The topological polar surface area (TPSA) is 60.4 Å². The third kappa shape index (κ3) is 2.31. The molecule has 1 saturated heterocycles. The van der Waals surface area contributed by atoms with E-state index in [0.717, 1.165) is 25.7 Å². The van der Waals surface area contributed by atoms with E-state index in [4.69, 9.17) is 4.74 Å². The first-order valence-electron chi connectivity index (χ1n) is 11.9. The number of hydrogen-bond donors (Lipinski definition) is 0. The highest BCUT2D eigenvalue weighted by molar-refractivity contribution is 5.93. The molecule has 164 valence electrons. The largest absolute Gasteiger partial charge is 0.465 e. The lowest BCUT2D eigenvalue weighted by atomic mass is 9.37. The standard InChI is InChI=1S/C26H36O4/c1-23(2)19-13-21(28)26(5)17-7-6-16(15-12-22(29)30-14-15)24(17,3)10-8-18(26)25(19,4)11-9-20(23)27/h7,15-16,18-19H,6,8-14H2,1-5H3/t15?,16-,18+,19-,24-,25+,26-/m0/s1. The number of ether oxygens (including phenoxy) is 1. The summed E-state index contributed by atoms with van der Waals surface area (Å²) in [4.78, 5) is 38.4. The summed E-state index contributed by atoms with van der Waals surface area (Å²) in [5.41, 5.74) is 0.483. The smallest absolute Gasteiger partial charge is 0.306 e. The van der Waals surface area contributed by atoms with E-state index in [1.807, 2.05) is 0 Å². The maximum atomic E-state index is 13.9. The van der Waals surface area contributed by atoms with Gasteiger partial charge in [-0.1, -0.05) is 39.3 Å². The van der Waals surface area contributed by atoms with Gasteiger partial charge in [0.2, 0.25) is 0 Å². The molecule has 0 N–H and O–H groups in total. The molecule has 4 heteroatoms. The molecule has 5 aliphatic rings. The molecular formula is C26H36O4. The quantitative estimate of drug-likeness (QED) is 0.454. The molecule has 7 atom stereocenters. The van der Waals surface area contributed by atoms with Crippen LogP contribution >= 0.6 is 0 Å². The number of ketones is 2. The number of rotatable bonds is 1. The summed E-state index contributed by atoms with van der Waals surface area (Å²) in [5, 5.41) is 0. The Morgan fingerprint density at radius 3 is 2.33 bits per heavy atom. The second-order valence-electron chi connectivity index (χ2n) is 12.1. The first-order chi connectivity index (χ1) is 14.0. The molecule has 4 aliphatic carbocycles. The zero-order valence-corrected chi connectivity index (χ0v) is 19.2. The van der Waals surface area contributed by atoms with Crippen LogP contribution in [0.5, 0.6) is 0 Å². The molecule has 0 bridgehead atoms. The number of hydrogen-bond acceptors (Lipinski definition) is 4.